The van der Waals surface area contributed by atoms with E-state index in [1.807, 2.05) is 18.4 Å². The van der Waals surface area contributed by atoms with Crippen molar-refractivity contribution in [1.82, 2.24) is 0 Å². The van der Waals surface area contributed by atoms with Gasteiger partial charge in [0.05, 0.1) is 5.56 Å². The summed E-state index contributed by atoms with van der Waals surface area (Å²) in [7, 11) is 0. The second-order valence-corrected chi connectivity index (χ2v) is 4.83. The van der Waals surface area contributed by atoms with E-state index in [2.05, 4.69) is 0 Å². The number of aromatic carboxylic acids is 1. The van der Waals surface area contributed by atoms with Gasteiger partial charge < -0.3 is 15.6 Å². The molecule has 2 rings (SSSR count). The van der Waals surface area contributed by atoms with Gasteiger partial charge in [0.15, 0.2) is 11.6 Å². The van der Waals surface area contributed by atoms with Gasteiger partial charge in [-0.25, -0.2) is 9.18 Å². The van der Waals surface area contributed by atoms with Crippen molar-refractivity contribution in [3.05, 3.63) is 47.8 Å². The van der Waals surface area contributed by atoms with Crippen LogP contribution < -0.4 is 10.5 Å². The lowest BCUT2D eigenvalue weighted by Gasteiger charge is -2.09. The molecule has 2 aromatic carbocycles. The summed E-state index contributed by atoms with van der Waals surface area (Å²) in [6.45, 7) is 0. The molecular formula is C14H12FNO3S. The highest BCUT2D eigenvalue weighted by molar-refractivity contribution is 7.98. The predicted molar refractivity (Wildman–Crippen MR) is 76.1 cm³/mol. The van der Waals surface area contributed by atoms with Crippen LogP contribution in [-0.4, -0.2) is 17.3 Å². The fraction of sp³-hybridized carbons (Fsp3) is 0.0714. The minimum absolute atomic E-state index is 0.139. The number of thioether (sulfide) groups is 1. The summed E-state index contributed by atoms with van der Waals surface area (Å²) in [4.78, 5) is 12.0. The monoisotopic (exact) mass is 293 g/mol. The Morgan fingerprint density at radius 2 is 1.95 bits per heavy atom. The zero-order chi connectivity index (χ0) is 14.7. The molecular weight excluding hydrogens is 281 g/mol. The summed E-state index contributed by atoms with van der Waals surface area (Å²) in [6, 6.07) is 9.04. The molecule has 0 saturated carbocycles. The molecule has 0 aromatic heterocycles. The Labute approximate surface area is 119 Å². The topological polar surface area (TPSA) is 72.5 Å². The first kappa shape index (κ1) is 14.2. The van der Waals surface area contributed by atoms with Crippen molar-refractivity contribution < 1.29 is 19.0 Å². The minimum atomic E-state index is -1.23. The van der Waals surface area contributed by atoms with Crippen LogP contribution in [0.15, 0.2) is 41.3 Å². The summed E-state index contributed by atoms with van der Waals surface area (Å²) in [5.74, 6) is -1.69. The van der Waals surface area contributed by atoms with Gasteiger partial charge in [0.25, 0.3) is 0 Å². The number of hydrogen-bond donors (Lipinski definition) is 2. The second-order valence-electron chi connectivity index (χ2n) is 3.95. The lowest BCUT2D eigenvalue weighted by molar-refractivity contribution is 0.0697. The van der Waals surface area contributed by atoms with E-state index in [1.165, 1.54) is 0 Å². The van der Waals surface area contributed by atoms with Crippen molar-refractivity contribution in [3.63, 3.8) is 0 Å². The Morgan fingerprint density at radius 3 is 2.50 bits per heavy atom. The Morgan fingerprint density at radius 1 is 1.30 bits per heavy atom. The molecule has 0 radical (unpaired) electrons. The molecule has 0 amide bonds. The highest BCUT2D eigenvalue weighted by Gasteiger charge is 2.14. The summed E-state index contributed by atoms with van der Waals surface area (Å²) in [6.07, 6.45) is 1.94. The number of carboxylic acids is 1. The summed E-state index contributed by atoms with van der Waals surface area (Å²) in [5.41, 5.74) is 5.11. The highest BCUT2D eigenvalue weighted by atomic mass is 32.2. The molecule has 104 valence electrons. The normalized spacial score (nSPS) is 10.3. The number of anilines is 1. The Balaban J connectivity index is 2.32. The molecule has 4 nitrogen and oxygen atoms in total. The molecule has 3 N–H and O–H groups in total. The van der Waals surface area contributed by atoms with Gasteiger partial charge in [-0.05, 0) is 30.5 Å². The van der Waals surface area contributed by atoms with Crippen molar-refractivity contribution in [1.29, 1.82) is 0 Å². The van der Waals surface area contributed by atoms with E-state index in [1.54, 1.807) is 23.9 Å². The fourth-order valence-electron chi connectivity index (χ4n) is 1.60. The third-order valence-corrected chi connectivity index (χ3v) is 3.37. The van der Waals surface area contributed by atoms with Crippen LogP contribution in [0.3, 0.4) is 0 Å². The molecule has 0 aliphatic carbocycles. The molecule has 0 aliphatic heterocycles. The first-order chi connectivity index (χ1) is 9.51. The smallest absolute Gasteiger partial charge is 0.337 e. The van der Waals surface area contributed by atoms with Gasteiger partial charge in [0.2, 0.25) is 0 Å². The summed E-state index contributed by atoms with van der Waals surface area (Å²) >= 11 is 1.57. The Kier molecular flexibility index (Phi) is 4.14. The summed E-state index contributed by atoms with van der Waals surface area (Å²) < 4.78 is 19.1. The number of nitrogen functional groups attached to an aromatic ring is 1. The largest absolute Gasteiger partial charge is 0.478 e. The van der Waals surface area contributed by atoms with Gasteiger partial charge in [-0.1, -0.05) is 0 Å². The molecule has 0 saturated heterocycles. The van der Waals surface area contributed by atoms with Crippen LogP contribution in [0.25, 0.3) is 0 Å². The number of carbonyl (C=O) groups is 1. The predicted octanol–water partition coefficient (Wildman–Crippen LogP) is 3.62. The van der Waals surface area contributed by atoms with E-state index in [4.69, 9.17) is 15.6 Å². The van der Waals surface area contributed by atoms with E-state index < -0.39 is 11.8 Å². The SMILES string of the molecule is CSc1ccc(Oc2cc(C(=O)O)c(N)cc2F)cc1. The van der Waals surface area contributed by atoms with Gasteiger partial charge in [0.1, 0.15) is 5.75 Å². The van der Waals surface area contributed by atoms with E-state index in [-0.39, 0.29) is 17.0 Å². The van der Waals surface area contributed by atoms with Crippen molar-refractivity contribution >= 4 is 23.4 Å². The van der Waals surface area contributed by atoms with Gasteiger partial charge in [-0.2, -0.15) is 0 Å². The van der Waals surface area contributed by atoms with Crippen LogP contribution >= 0.6 is 11.8 Å². The quantitative estimate of drug-likeness (QED) is 0.665. The van der Waals surface area contributed by atoms with E-state index >= 15 is 0 Å². The molecule has 20 heavy (non-hydrogen) atoms. The molecule has 0 spiro atoms. The van der Waals surface area contributed by atoms with Crippen molar-refractivity contribution in [2.75, 3.05) is 12.0 Å². The van der Waals surface area contributed by atoms with Crippen LogP contribution in [0.2, 0.25) is 0 Å². The molecule has 0 fully saturated rings. The van der Waals surface area contributed by atoms with Crippen LogP contribution in [-0.2, 0) is 0 Å². The number of halogens is 1. The zero-order valence-corrected chi connectivity index (χ0v) is 11.4. The Hall–Kier alpha value is -2.21. The number of carboxylic acid groups (broad SMARTS) is 1. The maximum Gasteiger partial charge on any atom is 0.337 e. The van der Waals surface area contributed by atoms with E-state index in [0.717, 1.165) is 17.0 Å². The van der Waals surface area contributed by atoms with E-state index in [9.17, 15) is 9.18 Å². The van der Waals surface area contributed by atoms with Gasteiger partial charge in [-0.3, -0.25) is 0 Å². The number of rotatable bonds is 4. The maximum absolute atomic E-state index is 13.7. The molecule has 2 aromatic rings. The minimum Gasteiger partial charge on any atom is -0.478 e. The highest BCUT2D eigenvalue weighted by Crippen LogP contribution is 2.29. The zero-order valence-electron chi connectivity index (χ0n) is 10.6. The van der Waals surface area contributed by atoms with Crippen LogP contribution in [0.1, 0.15) is 10.4 Å². The lowest BCUT2D eigenvalue weighted by Crippen LogP contribution is -2.04. The molecule has 0 atom stereocenters. The van der Waals surface area contributed by atoms with Gasteiger partial charge in [0, 0.05) is 22.7 Å². The fourth-order valence-corrected chi connectivity index (χ4v) is 2.01. The number of hydrogen-bond acceptors (Lipinski definition) is 4. The van der Waals surface area contributed by atoms with Gasteiger partial charge >= 0.3 is 5.97 Å². The van der Waals surface area contributed by atoms with Crippen molar-refractivity contribution in [2.24, 2.45) is 0 Å². The van der Waals surface area contributed by atoms with Crippen molar-refractivity contribution in [3.8, 4) is 11.5 Å². The number of ether oxygens (including phenoxy) is 1. The maximum atomic E-state index is 13.7. The molecule has 6 heteroatoms. The van der Waals surface area contributed by atoms with Gasteiger partial charge in [-0.15, -0.1) is 11.8 Å². The second kappa shape index (κ2) is 5.83. The molecule has 0 heterocycles. The lowest BCUT2D eigenvalue weighted by atomic mass is 10.1. The standard InChI is InChI=1S/C14H12FNO3S/c1-20-9-4-2-8(3-5-9)19-13-6-10(14(17)18)12(16)7-11(13)15/h2-7H,16H2,1H3,(H,17,18). The number of benzene rings is 2. The molecule has 0 aliphatic rings. The molecule has 0 unspecified atom stereocenters. The third-order valence-electron chi connectivity index (χ3n) is 2.62. The average molecular weight is 293 g/mol. The first-order valence-corrected chi connectivity index (χ1v) is 6.88. The average Bonchev–Trinajstić information content (AvgIpc) is 2.42. The van der Waals surface area contributed by atoms with Crippen LogP contribution in [0.5, 0.6) is 11.5 Å². The van der Waals surface area contributed by atoms with Crippen LogP contribution in [0, 0.1) is 5.82 Å². The van der Waals surface area contributed by atoms with E-state index in [0.29, 0.717) is 5.75 Å². The van der Waals surface area contributed by atoms with Crippen LogP contribution in [0.4, 0.5) is 10.1 Å². The summed E-state index contributed by atoms with van der Waals surface area (Å²) in [5, 5.41) is 8.95. The Bertz CT molecular complexity index is 644. The number of nitrogens with two attached hydrogens (primary N) is 1. The van der Waals surface area contributed by atoms with Crippen molar-refractivity contribution in [2.45, 2.75) is 4.90 Å². The first-order valence-electron chi connectivity index (χ1n) is 5.65. The third kappa shape index (κ3) is 3.03. The molecule has 0 bridgehead atoms.